The average molecular weight is 412 g/mol. The van der Waals surface area contributed by atoms with Gasteiger partial charge in [0.2, 0.25) is 0 Å². The Labute approximate surface area is 174 Å². The van der Waals surface area contributed by atoms with E-state index in [0.29, 0.717) is 41.3 Å². The zero-order valence-corrected chi connectivity index (χ0v) is 17.0. The Bertz CT molecular complexity index is 1030. The quantitative estimate of drug-likeness (QED) is 0.536. The molecule has 0 aliphatic carbocycles. The second-order valence-corrected chi connectivity index (χ2v) is 7.03. The number of hydrogen-bond donors (Lipinski definition) is 2. The maximum Gasteiger partial charge on any atom is 0.335 e. The Morgan fingerprint density at radius 3 is 2.67 bits per heavy atom. The molecule has 2 N–H and O–H groups in total. The number of aliphatic hydroxyl groups is 1. The molecule has 7 heteroatoms. The van der Waals surface area contributed by atoms with Crippen molar-refractivity contribution in [3.63, 3.8) is 0 Å². The van der Waals surface area contributed by atoms with Crippen molar-refractivity contribution < 1.29 is 24.1 Å². The molecular formula is C23H25FN2O4. The maximum absolute atomic E-state index is 13.8. The summed E-state index contributed by atoms with van der Waals surface area (Å²) in [6.07, 6.45) is 0.717. The van der Waals surface area contributed by atoms with Gasteiger partial charge < -0.3 is 14.9 Å². The highest BCUT2D eigenvalue weighted by atomic mass is 19.1. The summed E-state index contributed by atoms with van der Waals surface area (Å²) in [5.74, 6) is -0.907. The number of carbonyl (C=O) groups is 1. The highest BCUT2D eigenvalue weighted by Gasteiger charge is 2.18. The van der Waals surface area contributed by atoms with E-state index in [1.165, 1.54) is 24.3 Å². The SMILES string of the molecule is CCCOc1ccc(C(=O)O)cc1-c1cc(-c2cccc(F)c2)n(CC(O)CC)n1. The largest absolute Gasteiger partial charge is 0.493 e. The minimum Gasteiger partial charge on any atom is -0.493 e. The Balaban J connectivity index is 2.15. The first-order valence-electron chi connectivity index (χ1n) is 9.95. The van der Waals surface area contributed by atoms with Gasteiger partial charge in [0.25, 0.3) is 0 Å². The van der Waals surface area contributed by atoms with Gasteiger partial charge in [-0.05, 0) is 49.2 Å². The number of aromatic nitrogens is 2. The van der Waals surface area contributed by atoms with Gasteiger partial charge in [-0.25, -0.2) is 9.18 Å². The van der Waals surface area contributed by atoms with E-state index in [1.54, 1.807) is 28.9 Å². The summed E-state index contributed by atoms with van der Waals surface area (Å²) in [4.78, 5) is 11.5. The van der Waals surface area contributed by atoms with Crippen LogP contribution in [0.1, 0.15) is 37.0 Å². The molecule has 0 amide bonds. The summed E-state index contributed by atoms with van der Waals surface area (Å²) >= 11 is 0. The third kappa shape index (κ3) is 4.86. The van der Waals surface area contributed by atoms with Gasteiger partial charge >= 0.3 is 5.97 Å². The fourth-order valence-electron chi connectivity index (χ4n) is 3.10. The number of hydrogen-bond acceptors (Lipinski definition) is 4. The number of halogens is 1. The number of aromatic carboxylic acids is 1. The van der Waals surface area contributed by atoms with Crippen molar-refractivity contribution in [2.24, 2.45) is 0 Å². The number of aliphatic hydroxyl groups excluding tert-OH is 1. The number of carboxylic acid groups (broad SMARTS) is 1. The monoisotopic (exact) mass is 412 g/mol. The minimum absolute atomic E-state index is 0.115. The van der Waals surface area contributed by atoms with Crippen LogP contribution in [0.3, 0.4) is 0 Å². The van der Waals surface area contributed by atoms with Crippen molar-refractivity contribution in [1.82, 2.24) is 9.78 Å². The predicted octanol–water partition coefficient (Wildman–Crippen LogP) is 4.61. The number of benzene rings is 2. The normalized spacial score (nSPS) is 12.0. The lowest BCUT2D eigenvalue weighted by Crippen LogP contribution is -2.16. The Hall–Kier alpha value is -3.19. The molecule has 0 saturated heterocycles. The lowest BCUT2D eigenvalue weighted by Gasteiger charge is -2.12. The van der Waals surface area contributed by atoms with E-state index >= 15 is 0 Å². The maximum atomic E-state index is 13.8. The van der Waals surface area contributed by atoms with Crippen molar-refractivity contribution in [2.45, 2.75) is 39.3 Å². The highest BCUT2D eigenvalue weighted by molar-refractivity contribution is 5.90. The van der Waals surface area contributed by atoms with Gasteiger partial charge in [-0.2, -0.15) is 5.10 Å². The number of carboxylic acids is 1. The van der Waals surface area contributed by atoms with Crippen LogP contribution in [0, 0.1) is 5.82 Å². The smallest absolute Gasteiger partial charge is 0.335 e. The molecule has 1 unspecified atom stereocenters. The predicted molar refractivity (Wildman–Crippen MR) is 112 cm³/mol. The van der Waals surface area contributed by atoms with Gasteiger partial charge in [0.05, 0.1) is 36.2 Å². The fraction of sp³-hybridized carbons (Fsp3) is 0.304. The summed E-state index contributed by atoms with van der Waals surface area (Å²) in [5, 5.41) is 24.2. The molecule has 3 rings (SSSR count). The van der Waals surface area contributed by atoms with Crippen molar-refractivity contribution in [3.8, 4) is 28.3 Å². The first-order valence-corrected chi connectivity index (χ1v) is 9.95. The van der Waals surface area contributed by atoms with Gasteiger partial charge in [0, 0.05) is 11.1 Å². The molecule has 30 heavy (non-hydrogen) atoms. The second kappa shape index (κ2) is 9.54. The molecule has 1 atom stereocenters. The molecule has 158 valence electrons. The van der Waals surface area contributed by atoms with Crippen LogP contribution in [0.5, 0.6) is 5.75 Å². The molecule has 0 radical (unpaired) electrons. The first-order chi connectivity index (χ1) is 14.4. The van der Waals surface area contributed by atoms with Crippen LogP contribution in [0.2, 0.25) is 0 Å². The third-order valence-corrected chi connectivity index (χ3v) is 4.72. The van der Waals surface area contributed by atoms with Crippen LogP contribution < -0.4 is 4.74 Å². The summed E-state index contributed by atoms with van der Waals surface area (Å²) in [6.45, 7) is 4.55. The van der Waals surface area contributed by atoms with Gasteiger partial charge in [0.15, 0.2) is 0 Å². The molecule has 3 aromatic rings. The van der Waals surface area contributed by atoms with E-state index in [1.807, 2.05) is 13.8 Å². The van der Waals surface area contributed by atoms with Crippen molar-refractivity contribution in [2.75, 3.05) is 6.61 Å². The van der Waals surface area contributed by atoms with Gasteiger partial charge in [0.1, 0.15) is 11.6 Å². The van der Waals surface area contributed by atoms with Crippen molar-refractivity contribution >= 4 is 5.97 Å². The van der Waals surface area contributed by atoms with Crippen LogP contribution in [0.15, 0.2) is 48.5 Å². The highest BCUT2D eigenvalue weighted by Crippen LogP contribution is 2.34. The molecule has 0 fully saturated rings. The molecule has 0 spiro atoms. The molecule has 0 bridgehead atoms. The van der Waals surface area contributed by atoms with Crippen molar-refractivity contribution in [3.05, 3.63) is 59.9 Å². The summed E-state index contributed by atoms with van der Waals surface area (Å²) in [5.41, 5.74) is 2.38. The molecular weight excluding hydrogens is 387 g/mol. The zero-order valence-electron chi connectivity index (χ0n) is 17.0. The average Bonchev–Trinajstić information content (AvgIpc) is 3.15. The molecule has 2 aromatic carbocycles. The fourth-order valence-corrected chi connectivity index (χ4v) is 3.10. The topological polar surface area (TPSA) is 84.6 Å². The Morgan fingerprint density at radius 2 is 2.00 bits per heavy atom. The molecule has 0 aliphatic heterocycles. The summed E-state index contributed by atoms with van der Waals surface area (Å²) in [6, 6.07) is 12.5. The second-order valence-electron chi connectivity index (χ2n) is 7.03. The van der Waals surface area contributed by atoms with Crippen LogP contribution in [-0.2, 0) is 6.54 Å². The van der Waals surface area contributed by atoms with Gasteiger partial charge in [-0.15, -0.1) is 0 Å². The number of rotatable bonds is 9. The summed E-state index contributed by atoms with van der Waals surface area (Å²) in [7, 11) is 0. The molecule has 0 aliphatic rings. The lowest BCUT2D eigenvalue weighted by atomic mass is 10.0. The summed E-state index contributed by atoms with van der Waals surface area (Å²) < 4.78 is 21.2. The first kappa shape index (κ1) is 21.5. The zero-order chi connectivity index (χ0) is 21.7. The van der Waals surface area contributed by atoms with Crippen LogP contribution >= 0.6 is 0 Å². The van der Waals surface area contributed by atoms with E-state index in [0.717, 1.165) is 6.42 Å². The third-order valence-electron chi connectivity index (χ3n) is 4.72. The standard InChI is InChI=1S/C23H25FN2O4/c1-3-10-30-22-9-8-16(23(28)29)12-19(22)20-13-21(15-6-5-7-17(24)11-15)26(25-20)14-18(27)4-2/h5-9,11-13,18,27H,3-4,10,14H2,1-2H3,(H,28,29). The molecule has 1 heterocycles. The van der Waals surface area contributed by atoms with Crippen LogP contribution in [0.4, 0.5) is 4.39 Å². The van der Waals surface area contributed by atoms with Crippen LogP contribution in [0.25, 0.3) is 22.5 Å². The minimum atomic E-state index is -1.05. The molecule has 0 saturated carbocycles. The van der Waals surface area contributed by atoms with Crippen molar-refractivity contribution in [1.29, 1.82) is 0 Å². The Kier molecular flexibility index (Phi) is 6.84. The van der Waals surface area contributed by atoms with E-state index in [2.05, 4.69) is 5.10 Å². The van der Waals surface area contributed by atoms with E-state index in [9.17, 15) is 19.4 Å². The lowest BCUT2D eigenvalue weighted by molar-refractivity contribution is 0.0697. The number of nitrogens with zero attached hydrogens (tertiary/aromatic N) is 2. The van der Waals surface area contributed by atoms with E-state index in [-0.39, 0.29) is 17.9 Å². The molecule has 6 nitrogen and oxygen atoms in total. The van der Waals surface area contributed by atoms with E-state index < -0.39 is 12.1 Å². The van der Waals surface area contributed by atoms with E-state index in [4.69, 9.17) is 4.74 Å². The van der Waals surface area contributed by atoms with Gasteiger partial charge in [-0.3, -0.25) is 4.68 Å². The molecule has 1 aromatic heterocycles. The number of ether oxygens (including phenoxy) is 1. The van der Waals surface area contributed by atoms with Gasteiger partial charge in [-0.1, -0.05) is 26.0 Å². The van der Waals surface area contributed by atoms with Crippen LogP contribution in [-0.4, -0.2) is 38.7 Å². The Morgan fingerprint density at radius 1 is 1.20 bits per heavy atom.